The van der Waals surface area contributed by atoms with E-state index in [1.807, 2.05) is 0 Å². The molecule has 2 aromatic rings. The number of nitro benzene ring substituents is 2. The van der Waals surface area contributed by atoms with Crippen molar-refractivity contribution in [3.63, 3.8) is 0 Å². The summed E-state index contributed by atoms with van der Waals surface area (Å²) in [5.41, 5.74) is 0.0666. The molecule has 0 N–H and O–H groups in total. The van der Waals surface area contributed by atoms with E-state index in [1.165, 1.54) is 39.8 Å². The van der Waals surface area contributed by atoms with Gasteiger partial charge in [-0.15, -0.1) is 0 Å². The van der Waals surface area contributed by atoms with Gasteiger partial charge in [0.2, 0.25) is 0 Å². The monoisotopic (exact) mass is 308 g/mol. The minimum absolute atomic E-state index is 0.0186. The minimum atomic E-state index is -0.469. The highest BCUT2D eigenvalue weighted by Crippen LogP contribution is 2.41. The molecule has 0 spiro atoms. The molecule has 0 bridgehead atoms. The van der Waals surface area contributed by atoms with Crippen LogP contribution < -0.4 is 0 Å². The fraction of sp³-hybridized carbons (Fsp3) is 0. The first kappa shape index (κ1) is 14.4. The van der Waals surface area contributed by atoms with Crippen molar-refractivity contribution in [2.75, 3.05) is 0 Å². The lowest BCUT2D eigenvalue weighted by Gasteiger charge is -2.02. The van der Waals surface area contributed by atoms with Crippen LogP contribution in [-0.4, -0.2) is 9.85 Å². The highest BCUT2D eigenvalue weighted by molar-refractivity contribution is 8.76. The van der Waals surface area contributed by atoms with Crippen molar-refractivity contribution in [1.29, 1.82) is 0 Å². The summed E-state index contributed by atoms with van der Waals surface area (Å²) in [5, 5.41) is 21.4. The van der Waals surface area contributed by atoms with E-state index >= 15 is 0 Å². The third kappa shape index (κ3) is 3.49. The SMILES string of the molecule is O=[N+]([O-])c1ccc(SSc2ccccc2[N+](=O)[O-])cc1. The van der Waals surface area contributed by atoms with Crippen molar-refractivity contribution in [2.24, 2.45) is 0 Å². The van der Waals surface area contributed by atoms with Gasteiger partial charge in [-0.2, -0.15) is 0 Å². The molecule has 0 saturated carbocycles. The highest BCUT2D eigenvalue weighted by atomic mass is 33.1. The number of hydrogen-bond acceptors (Lipinski definition) is 6. The summed E-state index contributed by atoms with van der Waals surface area (Å²) in [7, 11) is 2.56. The van der Waals surface area contributed by atoms with E-state index in [2.05, 4.69) is 0 Å². The third-order valence-electron chi connectivity index (χ3n) is 2.34. The van der Waals surface area contributed by atoms with Crippen molar-refractivity contribution in [2.45, 2.75) is 9.79 Å². The maximum Gasteiger partial charge on any atom is 0.283 e. The Labute approximate surface area is 121 Å². The standard InChI is InChI=1S/C12H8N2O4S2/c15-13(16)9-5-7-10(8-6-9)19-20-12-4-2-1-3-11(12)14(17)18/h1-8H. The van der Waals surface area contributed by atoms with Crippen molar-refractivity contribution in [1.82, 2.24) is 0 Å². The molecule has 8 heteroatoms. The molecule has 0 saturated heterocycles. The van der Waals surface area contributed by atoms with Gasteiger partial charge in [-0.05, 0) is 29.0 Å². The Morgan fingerprint density at radius 3 is 2.05 bits per heavy atom. The zero-order chi connectivity index (χ0) is 14.5. The van der Waals surface area contributed by atoms with Crippen LogP contribution >= 0.6 is 21.6 Å². The smallest absolute Gasteiger partial charge is 0.258 e. The predicted molar refractivity (Wildman–Crippen MR) is 77.9 cm³/mol. The molecule has 0 aliphatic carbocycles. The molecule has 0 amide bonds. The second-order valence-electron chi connectivity index (χ2n) is 3.64. The molecule has 2 aromatic carbocycles. The number of nitrogens with zero attached hydrogens (tertiary/aromatic N) is 2. The van der Waals surface area contributed by atoms with Gasteiger partial charge >= 0.3 is 0 Å². The molecule has 6 nitrogen and oxygen atoms in total. The second-order valence-corrected chi connectivity index (χ2v) is 5.89. The van der Waals surface area contributed by atoms with Crippen LogP contribution in [0.2, 0.25) is 0 Å². The van der Waals surface area contributed by atoms with Crippen LogP contribution in [0.15, 0.2) is 58.3 Å². The largest absolute Gasteiger partial charge is 0.283 e. The van der Waals surface area contributed by atoms with E-state index in [0.717, 1.165) is 4.90 Å². The van der Waals surface area contributed by atoms with Gasteiger partial charge in [0.15, 0.2) is 0 Å². The molecule has 0 atom stereocenters. The van der Waals surface area contributed by atoms with Gasteiger partial charge in [0.25, 0.3) is 11.4 Å². The van der Waals surface area contributed by atoms with Crippen molar-refractivity contribution in [3.05, 3.63) is 68.8 Å². The Morgan fingerprint density at radius 2 is 1.45 bits per heavy atom. The number of non-ortho nitro benzene ring substituents is 1. The van der Waals surface area contributed by atoms with E-state index in [0.29, 0.717) is 4.90 Å². The lowest BCUT2D eigenvalue weighted by atomic mass is 10.3. The van der Waals surface area contributed by atoms with Crippen LogP contribution in [0.25, 0.3) is 0 Å². The van der Waals surface area contributed by atoms with Gasteiger partial charge in [-0.25, -0.2) is 0 Å². The highest BCUT2D eigenvalue weighted by Gasteiger charge is 2.13. The topological polar surface area (TPSA) is 86.3 Å². The molecule has 0 aliphatic rings. The fourth-order valence-electron chi connectivity index (χ4n) is 1.39. The summed E-state index contributed by atoms with van der Waals surface area (Å²) in [4.78, 5) is 21.8. The zero-order valence-corrected chi connectivity index (χ0v) is 11.6. The second kappa shape index (κ2) is 6.40. The number of rotatable bonds is 5. The summed E-state index contributed by atoms with van der Waals surface area (Å²) in [6.45, 7) is 0. The molecule has 0 aliphatic heterocycles. The van der Waals surface area contributed by atoms with Gasteiger partial charge in [-0.3, -0.25) is 20.2 Å². The average Bonchev–Trinajstić information content (AvgIpc) is 2.45. The van der Waals surface area contributed by atoms with Crippen LogP contribution in [0.4, 0.5) is 11.4 Å². The molecular weight excluding hydrogens is 300 g/mol. The molecule has 0 radical (unpaired) electrons. The fourth-order valence-corrected chi connectivity index (χ4v) is 3.50. The van der Waals surface area contributed by atoms with Gasteiger partial charge < -0.3 is 0 Å². The first-order chi connectivity index (χ1) is 9.58. The van der Waals surface area contributed by atoms with Crippen LogP contribution in [0.5, 0.6) is 0 Å². The van der Waals surface area contributed by atoms with E-state index < -0.39 is 9.85 Å². The predicted octanol–water partition coefficient (Wildman–Crippen LogP) is 4.30. The Kier molecular flexibility index (Phi) is 4.59. The van der Waals surface area contributed by atoms with Crippen LogP contribution in [0, 0.1) is 20.2 Å². The molecule has 0 unspecified atom stereocenters. The molecule has 0 heterocycles. The Bertz CT molecular complexity index is 646. The Hall–Kier alpha value is -2.06. The number of nitro groups is 2. The maximum absolute atomic E-state index is 10.9. The van der Waals surface area contributed by atoms with Crippen molar-refractivity contribution >= 4 is 33.0 Å². The molecule has 0 fully saturated rings. The molecule has 102 valence electrons. The summed E-state index contributed by atoms with van der Waals surface area (Å²) in [6.07, 6.45) is 0. The lowest BCUT2D eigenvalue weighted by molar-refractivity contribution is -0.387. The number of benzene rings is 2. The Balaban J connectivity index is 2.09. The molecule has 0 aromatic heterocycles. The first-order valence-electron chi connectivity index (χ1n) is 5.40. The summed E-state index contributed by atoms with van der Waals surface area (Å²) >= 11 is 0. The van der Waals surface area contributed by atoms with Crippen LogP contribution in [0.3, 0.4) is 0 Å². The van der Waals surface area contributed by atoms with E-state index in [9.17, 15) is 20.2 Å². The number of hydrogen-bond donors (Lipinski definition) is 0. The molecular formula is C12H8N2O4S2. The summed E-state index contributed by atoms with van der Waals surface area (Å²) in [5.74, 6) is 0. The molecule has 2 rings (SSSR count). The zero-order valence-electron chi connectivity index (χ0n) is 9.96. The average molecular weight is 308 g/mol. The first-order valence-corrected chi connectivity index (χ1v) is 7.55. The molecule has 20 heavy (non-hydrogen) atoms. The van der Waals surface area contributed by atoms with Crippen LogP contribution in [-0.2, 0) is 0 Å². The summed E-state index contributed by atoms with van der Waals surface area (Å²) < 4.78 is 0. The quantitative estimate of drug-likeness (QED) is 0.465. The minimum Gasteiger partial charge on any atom is -0.258 e. The summed E-state index contributed by atoms with van der Waals surface area (Å²) in [6, 6.07) is 12.5. The van der Waals surface area contributed by atoms with E-state index in [-0.39, 0.29) is 11.4 Å². The van der Waals surface area contributed by atoms with Crippen LogP contribution in [0.1, 0.15) is 0 Å². The number of para-hydroxylation sites is 1. The van der Waals surface area contributed by atoms with Gasteiger partial charge in [0, 0.05) is 23.1 Å². The van der Waals surface area contributed by atoms with Crippen molar-refractivity contribution in [3.8, 4) is 0 Å². The van der Waals surface area contributed by atoms with E-state index in [1.54, 1.807) is 30.3 Å². The van der Waals surface area contributed by atoms with Crippen molar-refractivity contribution < 1.29 is 9.85 Å². The van der Waals surface area contributed by atoms with E-state index in [4.69, 9.17) is 0 Å². The van der Waals surface area contributed by atoms with Gasteiger partial charge in [0.05, 0.1) is 14.7 Å². The lowest BCUT2D eigenvalue weighted by Crippen LogP contribution is -1.89. The van der Waals surface area contributed by atoms with Gasteiger partial charge in [-0.1, -0.05) is 22.9 Å². The third-order valence-corrected chi connectivity index (χ3v) is 4.78. The Morgan fingerprint density at radius 1 is 0.800 bits per heavy atom. The van der Waals surface area contributed by atoms with Gasteiger partial charge in [0.1, 0.15) is 0 Å². The normalized spacial score (nSPS) is 10.2. The maximum atomic E-state index is 10.9.